The second kappa shape index (κ2) is 14.5. The van der Waals surface area contributed by atoms with Crippen LogP contribution in [0.4, 0.5) is 0 Å². The standard InChI is InChI=1S/C41H62O8/c1-23(2)28-20-32(42)26(5)12-10-11-24(3)18-33(43)31-19-27(6)29-21-35(45)40(8)37-15-16-39(7,48-37)36(49-40)14-13-25(4)17-30(29)41(31,22-34(28)44)38(46)47-9/h17,23-24,26,28,30-31,35-37,45H,10-16,18-22H2,1-9H3. The fraction of sp³-hybridized carbons (Fsp3) is 0.805. The van der Waals surface area contributed by atoms with Gasteiger partial charge in [-0.1, -0.05) is 63.3 Å². The van der Waals surface area contributed by atoms with Crippen LogP contribution in [0.2, 0.25) is 0 Å². The van der Waals surface area contributed by atoms with Crippen LogP contribution in [0.25, 0.3) is 0 Å². The molecule has 3 heterocycles. The second-order valence-corrected chi connectivity index (χ2v) is 17.4. The number of aliphatic hydroxyl groups is 1. The van der Waals surface area contributed by atoms with Gasteiger partial charge in [-0.15, -0.1) is 0 Å². The maximum atomic E-state index is 14.7. The summed E-state index contributed by atoms with van der Waals surface area (Å²) in [4.78, 5) is 57.4. The van der Waals surface area contributed by atoms with Crippen molar-refractivity contribution < 1.29 is 38.5 Å². The number of hydrogen-bond acceptors (Lipinski definition) is 8. The highest BCUT2D eigenvalue weighted by molar-refractivity contribution is 5.97. The molecule has 1 saturated carbocycles. The molecule has 0 amide bonds. The highest BCUT2D eigenvalue weighted by atomic mass is 16.6. The molecule has 11 unspecified atom stereocenters. The predicted molar refractivity (Wildman–Crippen MR) is 188 cm³/mol. The molecular weight excluding hydrogens is 620 g/mol. The molecule has 5 aliphatic rings. The van der Waals surface area contributed by atoms with Gasteiger partial charge in [-0.3, -0.25) is 19.2 Å². The van der Waals surface area contributed by atoms with Crippen molar-refractivity contribution in [3.63, 3.8) is 0 Å². The lowest BCUT2D eigenvalue weighted by molar-refractivity contribution is -0.296. The molecule has 0 aromatic rings. The minimum atomic E-state index is -1.52. The van der Waals surface area contributed by atoms with E-state index in [2.05, 4.69) is 19.9 Å². The molecular formula is C41H62O8. The molecule has 3 fully saturated rings. The summed E-state index contributed by atoms with van der Waals surface area (Å²) in [5.74, 6) is -2.92. The molecule has 0 spiro atoms. The smallest absolute Gasteiger partial charge is 0.313 e. The third kappa shape index (κ3) is 7.04. The van der Waals surface area contributed by atoms with Crippen molar-refractivity contribution in [3.8, 4) is 0 Å². The van der Waals surface area contributed by atoms with Crippen molar-refractivity contribution in [1.82, 2.24) is 0 Å². The van der Waals surface area contributed by atoms with Crippen molar-refractivity contribution in [2.45, 2.75) is 162 Å². The normalized spacial score (nSPS) is 42.8. The molecule has 5 rings (SSSR count). The van der Waals surface area contributed by atoms with Crippen molar-refractivity contribution in [1.29, 1.82) is 0 Å². The van der Waals surface area contributed by atoms with Crippen LogP contribution in [0.5, 0.6) is 0 Å². The van der Waals surface area contributed by atoms with Crippen LogP contribution in [0.1, 0.15) is 132 Å². The largest absolute Gasteiger partial charge is 0.469 e. The zero-order valence-corrected chi connectivity index (χ0v) is 31.6. The zero-order valence-electron chi connectivity index (χ0n) is 31.6. The summed E-state index contributed by atoms with van der Waals surface area (Å²) in [6.07, 6.45) is 6.79. The fourth-order valence-corrected chi connectivity index (χ4v) is 10.0. The number of fused-ring (bicyclic) bond motifs is 9. The van der Waals surface area contributed by atoms with E-state index in [4.69, 9.17) is 14.2 Å². The molecule has 2 aliphatic carbocycles. The average Bonchev–Trinajstić information content (AvgIpc) is 3.41. The van der Waals surface area contributed by atoms with Gasteiger partial charge in [0.1, 0.15) is 23.0 Å². The number of carbonyl (C=O) groups excluding carboxylic acids is 4. The van der Waals surface area contributed by atoms with Crippen molar-refractivity contribution in [2.24, 2.45) is 40.9 Å². The number of aliphatic hydroxyl groups excluding tert-OH is 1. The van der Waals surface area contributed by atoms with E-state index in [0.29, 0.717) is 25.7 Å². The maximum Gasteiger partial charge on any atom is 0.313 e. The molecule has 0 aromatic carbocycles. The lowest BCUT2D eigenvalue weighted by Crippen LogP contribution is -2.62. The highest BCUT2D eigenvalue weighted by Crippen LogP contribution is 2.57. The molecule has 2 saturated heterocycles. The molecule has 8 heteroatoms. The number of allylic oxidation sites excluding steroid dienone is 3. The summed E-state index contributed by atoms with van der Waals surface area (Å²) in [5.41, 5.74) is -0.0540. The van der Waals surface area contributed by atoms with Crippen LogP contribution < -0.4 is 0 Å². The number of methoxy groups -OCH3 is 1. The number of esters is 1. The maximum absolute atomic E-state index is 14.7. The predicted octanol–water partition coefficient (Wildman–Crippen LogP) is 7.29. The first-order chi connectivity index (χ1) is 23.0. The van der Waals surface area contributed by atoms with Gasteiger partial charge in [0.05, 0.1) is 36.4 Å². The van der Waals surface area contributed by atoms with Crippen molar-refractivity contribution in [3.05, 3.63) is 22.8 Å². The summed E-state index contributed by atoms with van der Waals surface area (Å²) in [6, 6.07) is 0. The van der Waals surface area contributed by atoms with Crippen LogP contribution in [0.15, 0.2) is 22.8 Å². The monoisotopic (exact) mass is 682 g/mol. The summed E-state index contributed by atoms with van der Waals surface area (Å²) in [7, 11) is 1.34. The van der Waals surface area contributed by atoms with Crippen molar-refractivity contribution in [2.75, 3.05) is 7.11 Å². The Morgan fingerprint density at radius 3 is 2.31 bits per heavy atom. The Labute approximate surface area is 294 Å². The van der Waals surface area contributed by atoms with Gasteiger partial charge in [0.2, 0.25) is 0 Å². The Morgan fingerprint density at radius 2 is 1.63 bits per heavy atom. The number of Topliss-reactive ketones (excluding diaryl/α,β-unsaturated/α-hetero) is 3. The second-order valence-electron chi connectivity index (χ2n) is 17.4. The number of ketones is 3. The zero-order chi connectivity index (χ0) is 36.1. The van der Waals surface area contributed by atoms with E-state index in [0.717, 1.165) is 48.8 Å². The SMILES string of the molecule is COC(=O)C12CC(=O)C(C(C)C)CC(=O)C(C)CCCC(C)CC(=O)C1CC(C)=C1CC(O)C3(C)OC(CCC(C)=CC12)C1(C)CCC3O1. The third-order valence-corrected chi connectivity index (χ3v) is 13.5. The minimum absolute atomic E-state index is 0.0166. The van der Waals surface area contributed by atoms with E-state index in [9.17, 15) is 24.3 Å². The average molecular weight is 683 g/mol. The molecule has 0 aromatic heterocycles. The number of hydrogen-bond donors (Lipinski definition) is 1. The topological polar surface area (TPSA) is 116 Å². The molecule has 274 valence electrons. The summed E-state index contributed by atoms with van der Waals surface area (Å²) in [6.45, 7) is 16.0. The van der Waals surface area contributed by atoms with E-state index in [1.807, 2.05) is 41.5 Å². The Bertz CT molecular complexity index is 1380. The van der Waals surface area contributed by atoms with Gasteiger partial charge in [0, 0.05) is 42.9 Å². The number of ether oxygens (including phenoxy) is 3. The van der Waals surface area contributed by atoms with Crippen LogP contribution >= 0.6 is 0 Å². The van der Waals surface area contributed by atoms with Gasteiger partial charge in [-0.2, -0.15) is 0 Å². The van der Waals surface area contributed by atoms with Gasteiger partial charge in [0.25, 0.3) is 0 Å². The van der Waals surface area contributed by atoms with Crippen LogP contribution in [0.3, 0.4) is 0 Å². The lowest BCUT2D eigenvalue weighted by Gasteiger charge is -2.51. The van der Waals surface area contributed by atoms with Crippen molar-refractivity contribution >= 4 is 23.3 Å². The molecule has 3 aliphatic heterocycles. The molecule has 0 radical (unpaired) electrons. The quantitative estimate of drug-likeness (QED) is 0.239. The highest BCUT2D eigenvalue weighted by Gasteiger charge is 2.62. The summed E-state index contributed by atoms with van der Waals surface area (Å²) < 4.78 is 19.1. The Morgan fingerprint density at radius 1 is 0.918 bits per heavy atom. The molecule has 8 nitrogen and oxygen atoms in total. The van der Waals surface area contributed by atoms with Crippen LogP contribution in [-0.4, -0.2) is 65.0 Å². The van der Waals surface area contributed by atoms with E-state index >= 15 is 0 Å². The van der Waals surface area contributed by atoms with Crippen LogP contribution in [-0.2, 0) is 33.4 Å². The van der Waals surface area contributed by atoms with E-state index < -0.39 is 46.4 Å². The minimum Gasteiger partial charge on any atom is -0.469 e. The third-order valence-electron chi connectivity index (χ3n) is 13.5. The molecule has 11 atom stereocenters. The van der Waals surface area contributed by atoms with Gasteiger partial charge in [-0.05, 0) is 84.5 Å². The first kappa shape index (κ1) is 38.1. The fourth-order valence-electron chi connectivity index (χ4n) is 10.0. The van der Waals surface area contributed by atoms with E-state index in [-0.39, 0.29) is 66.6 Å². The Kier molecular flexibility index (Phi) is 11.2. The van der Waals surface area contributed by atoms with E-state index in [1.165, 1.54) is 7.11 Å². The Balaban J connectivity index is 1.70. The molecule has 4 bridgehead atoms. The number of rotatable bonds is 2. The summed E-state index contributed by atoms with van der Waals surface area (Å²) >= 11 is 0. The van der Waals surface area contributed by atoms with Gasteiger partial charge >= 0.3 is 5.97 Å². The van der Waals surface area contributed by atoms with E-state index in [1.54, 1.807) is 0 Å². The first-order valence-corrected chi connectivity index (χ1v) is 19.0. The van der Waals surface area contributed by atoms with Gasteiger partial charge in [0.15, 0.2) is 0 Å². The molecule has 49 heavy (non-hydrogen) atoms. The van der Waals surface area contributed by atoms with Gasteiger partial charge < -0.3 is 19.3 Å². The lowest BCUT2D eigenvalue weighted by atomic mass is 9.53. The molecule has 1 N–H and O–H groups in total. The first-order valence-electron chi connectivity index (χ1n) is 19.0. The van der Waals surface area contributed by atoms with Gasteiger partial charge in [-0.25, -0.2) is 0 Å². The summed E-state index contributed by atoms with van der Waals surface area (Å²) in [5, 5.41) is 12.2. The van der Waals surface area contributed by atoms with Crippen LogP contribution in [0, 0.1) is 40.9 Å². The Hall–Kier alpha value is -2.16. The number of carbonyl (C=O) groups is 4.